The predicted octanol–water partition coefficient (Wildman–Crippen LogP) is 3.90. The van der Waals surface area contributed by atoms with E-state index in [2.05, 4.69) is 0 Å². The summed E-state index contributed by atoms with van der Waals surface area (Å²) in [5, 5.41) is 10.8. The molecule has 92 valence electrons. The van der Waals surface area contributed by atoms with Crippen molar-refractivity contribution in [3.63, 3.8) is 0 Å². The van der Waals surface area contributed by atoms with Crippen LogP contribution in [0.2, 0.25) is 5.02 Å². The van der Waals surface area contributed by atoms with Gasteiger partial charge in [-0.15, -0.1) is 0 Å². The number of para-hydroxylation sites is 1. The molecule has 0 radical (unpaired) electrons. The molecule has 0 bridgehead atoms. The minimum absolute atomic E-state index is 0.191. The number of ether oxygens (including phenoxy) is 1. The van der Waals surface area contributed by atoms with Crippen LogP contribution in [-0.4, -0.2) is 5.11 Å². The highest BCUT2D eigenvalue weighted by atomic mass is 35.5. The highest BCUT2D eigenvalue weighted by Crippen LogP contribution is 2.41. The van der Waals surface area contributed by atoms with Crippen molar-refractivity contribution in [2.75, 3.05) is 0 Å². The zero-order valence-electron chi connectivity index (χ0n) is 9.71. The summed E-state index contributed by atoms with van der Waals surface area (Å²) >= 11 is 6.17. The standard InChI is InChI=1S/C15H13ClO2/c16-12-7-3-1-5-10(12)15-9-13(17)11-6-2-4-8-14(11)18-15/h1-8,13,15,17H,9H2/t13-,15?/m1/s1. The number of aliphatic hydroxyl groups is 1. The topological polar surface area (TPSA) is 29.5 Å². The Labute approximate surface area is 111 Å². The number of hydrogen-bond acceptors (Lipinski definition) is 2. The fourth-order valence-electron chi connectivity index (χ4n) is 2.32. The first kappa shape index (κ1) is 11.6. The largest absolute Gasteiger partial charge is 0.485 e. The second-order valence-corrected chi connectivity index (χ2v) is 4.82. The summed E-state index contributed by atoms with van der Waals surface area (Å²) in [6.07, 6.45) is -0.166. The number of hydrogen-bond donors (Lipinski definition) is 1. The summed E-state index contributed by atoms with van der Waals surface area (Å²) in [5.74, 6) is 0.737. The highest BCUT2D eigenvalue weighted by Gasteiger charge is 2.28. The highest BCUT2D eigenvalue weighted by molar-refractivity contribution is 6.31. The fraction of sp³-hybridized carbons (Fsp3) is 0.200. The summed E-state index contributed by atoms with van der Waals surface area (Å²) in [7, 11) is 0. The van der Waals surface area contributed by atoms with Crippen LogP contribution in [0.4, 0.5) is 0 Å². The van der Waals surface area contributed by atoms with E-state index in [9.17, 15) is 5.11 Å². The molecule has 0 amide bonds. The van der Waals surface area contributed by atoms with Crippen molar-refractivity contribution >= 4 is 11.6 Å². The van der Waals surface area contributed by atoms with Crippen molar-refractivity contribution in [3.05, 3.63) is 64.7 Å². The minimum atomic E-state index is -0.503. The summed E-state index contributed by atoms with van der Waals surface area (Å²) < 4.78 is 5.92. The molecule has 3 rings (SSSR count). The van der Waals surface area contributed by atoms with Gasteiger partial charge in [0.05, 0.1) is 6.10 Å². The molecule has 2 atom stereocenters. The van der Waals surface area contributed by atoms with Crippen LogP contribution in [0.1, 0.15) is 29.8 Å². The summed E-state index contributed by atoms with van der Waals surface area (Å²) in [5.41, 5.74) is 1.77. The first-order valence-electron chi connectivity index (χ1n) is 5.94. The van der Waals surface area contributed by atoms with Gasteiger partial charge in [0, 0.05) is 22.6 Å². The third-order valence-corrected chi connectivity index (χ3v) is 3.58. The van der Waals surface area contributed by atoms with E-state index < -0.39 is 6.10 Å². The van der Waals surface area contributed by atoms with Crippen molar-refractivity contribution in [1.82, 2.24) is 0 Å². The van der Waals surface area contributed by atoms with Crippen LogP contribution in [0.5, 0.6) is 5.75 Å². The molecule has 0 saturated carbocycles. The van der Waals surface area contributed by atoms with E-state index in [4.69, 9.17) is 16.3 Å². The second-order valence-electron chi connectivity index (χ2n) is 4.42. The molecule has 2 aromatic carbocycles. The first-order valence-corrected chi connectivity index (χ1v) is 6.31. The molecule has 1 aliphatic rings. The van der Waals surface area contributed by atoms with Gasteiger partial charge >= 0.3 is 0 Å². The van der Waals surface area contributed by atoms with Crippen molar-refractivity contribution in [1.29, 1.82) is 0 Å². The molecule has 0 saturated heterocycles. The molecule has 18 heavy (non-hydrogen) atoms. The van der Waals surface area contributed by atoms with Gasteiger partial charge in [0.25, 0.3) is 0 Å². The summed E-state index contributed by atoms with van der Waals surface area (Å²) in [4.78, 5) is 0. The Morgan fingerprint density at radius 1 is 1.00 bits per heavy atom. The van der Waals surface area contributed by atoms with E-state index in [-0.39, 0.29) is 6.10 Å². The average molecular weight is 261 g/mol. The van der Waals surface area contributed by atoms with Crippen molar-refractivity contribution < 1.29 is 9.84 Å². The van der Waals surface area contributed by atoms with Gasteiger partial charge in [0.2, 0.25) is 0 Å². The van der Waals surface area contributed by atoms with Gasteiger partial charge in [-0.2, -0.15) is 0 Å². The van der Waals surface area contributed by atoms with Crippen LogP contribution >= 0.6 is 11.6 Å². The van der Waals surface area contributed by atoms with E-state index in [1.165, 1.54) is 0 Å². The third-order valence-electron chi connectivity index (χ3n) is 3.24. The Morgan fingerprint density at radius 3 is 2.44 bits per heavy atom. The van der Waals surface area contributed by atoms with Crippen LogP contribution in [0.25, 0.3) is 0 Å². The van der Waals surface area contributed by atoms with E-state index in [1.807, 2.05) is 48.5 Å². The Hall–Kier alpha value is -1.51. The molecule has 1 unspecified atom stereocenters. The maximum atomic E-state index is 10.2. The molecule has 0 fully saturated rings. The molecule has 2 nitrogen and oxygen atoms in total. The quantitative estimate of drug-likeness (QED) is 0.843. The lowest BCUT2D eigenvalue weighted by Gasteiger charge is -2.30. The number of benzene rings is 2. The van der Waals surface area contributed by atoms with Crippen LogP contribution in [0.15, 0.2) is 48.5 Å². The van der Waals surface area contributed by atoms with Crippen LogP contribution in [-0.2, 0) is 0 Å². The smallest absolute Gasteiger partial charge is 0.128 e. The molecule has 0 aliphatic carbocycles. The number of aliphatic hydroxyl groups excluding tert-OH is 1. The van der Waals surface area contributed by atoms with Gasteiger partial charge in [0.1, 0.15) is 11.9 Å². The SMILES string of the molecule is O[C@@H]1CC(c2ccccc2Cl)Oc2ccccc21. The van der Waals surface area contributed by atoms with Crippen LogP contribution in [0.3, 0.4) is 0 Å². The number of halogens is 1. The monoisotopic (exact) mass is 260 g/mol. The van der Waals surface area contributed by atoms with E-state index in [1.54, 1.807) is 0 Å². The van der Waals surface area contributed by atoms with Crippen molar-refractivity contribution in [2.45, 2.75) is 18.6 Å². The van der Waals surface area contributed by atoms with E-state index in [0.29, 0.717) is 11.4 Å². The zero-order valence-corrected chi connectivity index (χ0v) is 10.5. The lowest BCUT2D eigenvalue weighted by atomic mass is 9.95. The van der Waals surface area contributed by atoms with Crippen LogP contribution < -0.4 is 4.74 Å². The van der Waals surface area contributed by atoms with E-state index >= 15 is 0 Å². The Bertz CT molecular complexity index is 568. The molecular formula is C15H13ClO2. The zero-order chi connectivity index (χ0) is 12.5. The minimum Gasteiger partial charge on any atom is -0.485 e. The van der Waals surface area contributed by atoms with Crippen LogP contribution in [0, 0.1) is 0 Å². The normalized spacial score (nSPS) is 22.1. The lowest BCUT2D eigenvalue weighted by Crippen LogP contribution is -2.19. The van der Waals surface area contributed by atoms with E-state index in [0.717, 1.165) is 16.9 Å². The molecule has 1 aliphatic heterocycles. The predicted molar refractivity (Wildman–Crippen MR) is 70.8 cm³/mol. The molecular weight excluding hydrogens is 248 g/mol. The molecule has 1 heterocycles. The number of rotatable bonds is 1. The summed E-state index contributed by atoms with van der Waals surface area (Å²) in [6, 6.07) is 15.2. The van der Waals surface area contributed by atoms with Gasteiger partial charge < -0.3 is 9.84 Å². The average Bonchev–Trinajstić information content (AvgIpc) is 2.39. The maximum absolute atomic E-state index is 10.2. The Morgan fingerprint density at radius 2 is 1.67 bits per heavy atom. The number of fused-ring (bicyclic) bond motifs is 1. The fourth-order valence-corrected chi connectivity index (χ4v) is 2.58. The van der Waals surface area contributed by atoms with Crippen molar-refractivity contribution in [3.8, 4) is 5.75 Å². The Kier molecular flexibility index (Phi) is 2.98. The second kappa shape index (κ2) is 4.63. The maximum Gasteiger partial charge on any atom is 0.128 e. The molecule has 2 aromatic rings. The van der Waals surface area contributed by atoms with Gasteiger partial charge in [0.15, 0.2) is 0 Å². The molecule has 3 heteroatoms. The first-order chi connectivity index (χ1) is 8.75. The molecule has 1 N–H and O–H groups in total. The molecule has 0 spiro atoms. The van der Waals surface area contributed by atoms with Gasteiger partial charge in [-0.1, -0.05) is 48.0 Å². The van der Waals surface area contributed by atoms with Gasteiger partial charge in [-0.3, -0.25) is 0 Å². The Balaban J connectivity index is 1.97. The van der Waals surface area contributed by atoms with Gasteiger partial charge in [-0.05, 0) is 12.1 Å². The van der Waals surface area contributed by atoms with Crippen molar-refractivity contribution in [2.24, 2.45) is 0 Å². The van der Waals surface area contributed by atoms with Gasteiger partial charge in [-0.25, -0.2) is 0 Å². The summed E-state index contributed by atoms with van der Waals surface area (Å²) in [6.45, 7) is 0. The lowest BCUT2D eigenvalue weighted by molar-refractivity contribution is 0.0658. The third kappa shape index (κ3) is 1.98. The molecule has 0 aromatic heterocycles.